The Morgan fingerprint density at radius 2 is 1.72 bits per heavy atom. The number of aromatic hydroxyl groups is 1. The van der Waals surface area contributed by atoms with Crippen molar-refractivity contribution < 1.29 is 58.6 Å². The Hall–Kier alpha value is -5.85. The number of phenolic OH excluding ortho intramolecular Hbond substituents is 1. The first-order valence-electron chi connectivity index (χ1n) is 18.6. The number of para-hydroxylation sites is 2. The fourth-order valence-electron chi connectivity index (χ4n) is 7.78. The summed E-state index contributed by atoms with van der Waals surface area (Å²) >= 11 is 0. The number of rotatable bonds is 10. The molecule has 2 aromatic rings. The maximum Gasteiger partial charge on any atom is 0.407 e. The molecule has 5 atom stereocenters. The zero-order valence-electron chi connectivity index (χ0n) is 33.8. The number of nitrogens with one attached hydrogen (secondary N) is 3. The molecule has 0 bridgehead atoms. The molecule has 2 aromatic carbocycles. The number of aliphatic hydroxyl groups is 3. The summed E-state index contributed by atoms with van der Waals surface area (Å²) in [6.07, 6.45) is -0.516. The lowest BCUT2D eigenvalue weighted by Crippen LogP contribution is -2.63. The van der Waals surface area contributed by atoms with Crippen LogP contribution in [0.2, 0.25) is 0 Å². The number of alkyl carbamates (subject to hydrolysis) is 1. The maximum atomic E-state index is 14.1. The third kappa shape index (κ3) is 8.25. The molecule has 0 radical (unpaired) electrons. The van der Waals surface area contributed by atoms with Gasteiger partial charge in [-0.1, -0.05) is 12.1 Å². The number of nitrogens with two attached hydrogens (primary N) is 1. The van der Waals surface area contributed by atoms with Crippen molar-refractivity contribution in [2.24, 2.45) is 17.6 Å². The van der Waals surface area contributed by atoms with E-state index < -0.39 is 75.8 Å². The lowest BCUT2D eigenvalue weighted by molar-refractivity contribution is -0.148. The average molecular weight is 809 g/mol. The molecule has 9 N–H and O–H groups in total. The van der Waals surface area contributed by atoms with Gasteiger partial charge in [0.25, 0.3) is 5.91 Å². The van der Waals surface area contributed by atoms with Crippen molar-refractivity contribution in [2.45, 2.75) is 56.9 Å². The first-order chi connectivity index (χ1) is 27.1. The van der Waals surface area contributed by atoms with E-state index in [0.717, 1.165) is 0 Å². The van der Waals surface area contributed by atoms with E-state index in [1.54, 1.807) is 46.3 Å². The molecule has 1 unspecified atom stereocenters. The number of primary amides is 1. The van der Waals surface area contributed by atoms with Crippen LogP contribution in [0.15, 0.2) is 53.0 Å². The third-order valence-corrected chi connectivity index (χ3v) is 10.5. The van der Waals surface area contributed by atoms with Gasteiger partial charge in [0.2, 0.25) is 11.7 Å². The number of Topliss-reactive ketones (excluding diaryl/α,β-unsaturated/α-hetero) is 2. The molecule has 58 heavy (non-hydrogen) atoms. The van der Waals surface area contributed by atoms with Crippen LogP contribution in [0.3, 0.4) is 0 Å². The number of amides is 3. The smallest absolute Gasteiger partial charge is 0.407 e. The summed E-state index contributed by atoms with van der Waals surface area (Å²) in [5.74, 6) is -6.48. The molecule has 6 rings (SSSR count). The normalized spacial score (nSPS) is 23.8. The minimum absolute atomic E-state index is 0.0175. The van der Waals surface area contributed by atoms with E-state index in [1.807, 2.05) is 45.0 Å². The van der Waals surface area contributed by atoms with Crippen molar-refractivity contribution in [3.05, 3.63) is 64.1 Å². The van der Waals surface area contributed by atoms with Crippen molar-refractivity contribution in [3.8, 4) is 17.2 Å². The van der Waals surface area contributed by atoms with E-state index in [1.165, 1.54) is 4.90 Å². The highest BCUT2D eigenvalue weighted by Gasteiger charge is 2.63. The molecule has 1 heterocycles. The van der Waals surface area contributed by atoms with Crippen LogP contribution >= 0.6 is 0 Å². The molecule has 1 saturated heterocycles. The van der Waals surface area contributed by atoms with Crippen LogP contribution in [-0.4, -0.2) is 133 Å². The zero-order chi connectivity index (χ0) is 43.0. The lowest BCUT2D eigenvalue weighted by Gasteiger charge is -2.50. The van der Waals surface area contributed by atoms with Gasteiger partial charge in [-0.25, -0.2) is 4.79 Å². The number of carbonyl (C=O) groups is 5. The number of cyclic esters (lactones) is 1. The number of aliphatic hydroxyl groups excluding tert-OH is 2. The summed E-state index contributed by atoms with van der Waals surface area (Å²) in [5.41, 5.74) is 1.96. The van der Waals surface area contributed by atoms with Gasteiger partial charge in [-0.05, 0) is 77.4 Å². The molecule has 18 heteroatoms. The maximum absolute atomic E-state index is 14.1. The number of fused-ring (bicyclic) bond motifs is 3. The Balaban J connectivity index is 0.000000332. The highest BCUT2D eigenvalue weighted by Crippen LogP contribution is 2.54. The summed E-state index contributed by atoms with van der Waals surface area (Å²) in [7, 11) is 8.20. The summed E-state index contributed by atoms with van der Waals surface area (Å²) in [6, 6.07) is 7.83. The number of hydrogen-bond acceptors (Lipinski definition) is 15. The fourth-order valence-corrected chi connectivity index (χ4v) is 7.78. The number of methoxy groups -OCH3 is 1. The Labute approximate surface area is 335 Å². The number of hydrogen-bond donors (Lipinski definition) is 8. The quantitative estimate of drug-likeness (QED) is 0.126. The highest BCUT2D eigenvalue weighted by atomic mass is 16.6. The van der Waals surface area contributed by atoms with Crippen LogP contribution < -0.4 is 36.1 Å². The van der Waals surface area contributed by atoms with Gasteiger partial charge >= 0.3 is 6.09 Å². The van der Waals surface area contributed by atoms with Crippen molar-refractivity contribution >= 4 is 40.8 Å². The monoisotopic (exact) mass is 808 g/mol. The predicted octanol–water partition coefficient (Wildman–Crippen LogP) is 1.70. The lowest BCUT2D eigenvalue weighted by atomic mass is 9.58. The average Bonchev–Trinajstić information content (AvgIpc) is 3.56. The van der Waals surface area contributed by atoms with E-state index >= 15 is 0 Å². The van der Waals surface area contributed by atoms with Crippen molar-refractivity contribution in [2.75, 3.05) is 65.2 Å². The molecule has 18 nitrogen and oxygen atoms in total. The highest BCUT2D eigenvalue weighted by molar-refractivity contribution is 6.25. The molecular formula is C40H52N6O12. The van der Waals surface area contributed by atoms with Crippen molar-refractivity contribution in [1.29, 1.82) is 0 Å². The van der Waals surface area contributed by atoms with E-state index in [2.05, 4.69) is 16.0 Å². The number of nitrogens with zero attached hydrogens (tertiary/aromatic N) is 2. The minimum Gasteiger partial charge on any atom is -0.510 e. The van der Waals surface area contributed by atoms with Crippen LogP contribution in [0, 0.1) is 11.8 Å². The predicted molar refractivity (Wildman–Crippen MR) is 211 cm³/mol. The molecule has 314 valence electrons. The van der Waals surface area contributed by atoms with Gasteiger partial charge in [0.05, 0.1) is 37.5 Å². The number of ether oxygens (including phenoxy) is 3. The summed E-state index contributed by atoms with van der Waals surface area (Å²) < 4.78 is 15.6. The van der Waals surface area contributed by atoms with Gasteiger partial charge in [-0.15, -0.1) is 0 Å². The Bertz CT molecular complexity index is 2070. The summed E-state index contributed by atoms with van der Waals surface area (Å²) in [4.78, 5) is 66.4. The molecule has 3 amide bonds. The topological polar surface area (TPSA) is 263 Å². The summed E-state index contributed by atoms with van der Waals surface area (Å²) in [5, 5.41) is 53.6. The molecule has 0 spiro atoms. The number of phenols is 1. The molecule has 0 aromatic heterocycles. The first kappa shape index (κ1) is 43.3. The standard InChI is InChI=1S/C29H39N5O8.C11H13NO4/c1-28(2,3)31-11-17(35)32-15-10-16(33(4)5)13-8-12-9-14-21(34(6)7)24(38)20(27(30)41)26(40)29(14,42)25(39)18(12)23(37)19(13)22(15)36;1-14-9-4-2-3-5-10(9)15-7-8-6-12-11(13)16-8/h10,12,14,21,31,36,38-39,42H,8-9,11H2,1-7H3,(H2,30,41)(H,32,35);2-5,8H,6-7H2,1H3,(H,12,13)/t12-,14-,21-,29-;/m0./s1. The third-order valence-electron chi connectivity index (χ3n) is 10.5. The number of ketones is 2. The van der Waals surface area contributed by atoms with Crippen LogP contribution in [0.4, 0.5) is 16.2 Å². The van der Waals surface area contributed by atoms with Crippen LogP contribution in [0.25, 0.3) is 0 Å². The van der Waals surface area contributed by atoms with E-state index in [-0.39, 0.29) is 47.9 Å². The first-order valence-corrected chi connectivity index (χ1v) is 18.6. The Morgan fingerprint density at radius 1 is 1.07 bits per heavy atom. The molecule has 1 fully saturated rings. The zero-order valence-corrected chi connectivity index (χ0v) is 33.8. The number of benzene rings is 2. The second-order valence-corrected chi connectivity index (χ2v) is 16.0. The molecular weight excluding hydrogens is 756 g/mol. The molecule has 1 aliphatic heterocycles. The van der Waals surface area contributed by atoms with Crippen LogP contribution in [0.5, 0.6) is 17.2 Å². The van der Waals surface area contributed by atoms with Gasteiger partial charge in [0.15, 0.2) is 34.7 Å². The van der Waals surface area contributed by atoms with Gasteiger partial charge in [0.1, 0.15) is 23.7 Å². The van der Waals surface area contributed by atoms with Gasteiger partial charge < -0.3 is 61.2 Å². The fraction of sp³-hybridized carbons (Fsp3) is 0.475. The second kappa shape index (κ2) is 16.6. The molecule has 4 aliphatic rings. The number of anilines is 2. The van der Waals surface area contributed by atoms with E-state index in [9.17, 15) is 44.4 Å². The summed E-state index contributed by atoms with van der Waals surface area (Å²) in [6.45, 7) is 6.40. The van der Waals surface area contributed by atoms with Crippen molar-refractivity contribution in [1.82, 2.24) is 15.5 Å². The Kier molecular flexibility index (Phi) is 12.4. The van der Waals surface area contributed by atoms with Crippen molar-refractivity contribution in [3.63, 3.8) is 0 Å². The van der Waals surface area contributed by atoms with Crippen LogP contribution in [-0.2, 0) is 25.5 Å². The number of carbonyl (C=O) groups excluding carboxylic acids is 5. The van der Waals surface area contributed by atoms with Gasteiger partial charge in [0, 0.05) is 36.8 Å². The van der Waals surface area contributed by atoms with E-state index in [4.69, 9.17) is 19.9 Å². The van der Waals surface area contributed by atoms with Gasteiger partial charge in [-0.3, -0.25) is 24.1 Å². The largest absolute Gasteiger partial charge is 0.510 e. The van der Waals surface area contributed by atoms with E-state index in [0.29, 0.717) is 35.9 Å². The minimum atomic E-state index is -2.73. The SMILES string of the molecule is CN(C)c1cc(NC(=O)CNC(C)(C)C)c(O)c2c1C[C@H]1C[C@H]3[C@H](N(C)C)C(O)=C(C(N)=O)C(=O)[C@@]3(O)C(O)=C1C2=O.COc1ccccc1OCC1CNC(=O)O1. The number of allylic oxidation sites excluding steroid dienone is 1. The second-order valence-electron chi connectivity index (χ2n) is 16.0. The number of likely N-dealkylation sites (N-methyl/N-ethyl adjacent to an activating group) is 1. The van der Waals surface area contributed by atoms with Crippen LogP contribution in [0.1, 0.15) is 43.1 Å². The van der Waals surface area contributed by atoms with Gasteiger partial charge in [-0.2, -0.15) is 0 Å². The molecule has 3 aliphatic carbocycles. The molecule has 0 saturated carbocycles. The Morgan fingerprint density at radius 3 is 2.28 bits per heavy atom.